The fourth-order valence-electron chi connectivity index (χ4n) is 3.34. The van der Waals surface area contributed by atoms with E-state index in [9.17, 15) is 23.1 Å². The summed E-state index contributed by atoms with van der Waals surface area (Å²) in [6, 6.07) is 4.25. The van der Waals surface area contributed by atoms with Crippen molar-refractivity contribution in [1.29, 1.82) is 0 Å². The Balaban J connectivity index is 1.59. The Labute approximate surface area is 157 Å². The van der Waals surface area contributed by atoms with E-state index in [-0.39, 0.29) is 25.5 Å². The summed E-state index contributed by atoms with van der Waals surface area (Å²) in [5.41, 5.74) is 1.43. The summed E-state index contributed by atoms with van der Waals surface area (Å²) >= 11 is 0. The molecule has 27 heavy (non-hydrogen) atoms. The molecule has 1 fully saturated rings. The number of ether oxygens (including phenoxy) is 1. The Kier molecular flexibility index (Phi) is 5.68. The van der Waals surface area contributed by atoms with Crippen LogP contribution in [0.3, 0.4) is 0 Å². The maximum Gasteiger partial charge on any atom is 0.322 e. The largest absolute Gasteiger partial charge is 0.493 e. The summed E-state index contributed by atoms with van der Waals surface area (Å²) in [7, 11) is -3.28. The van der Waals surface area contributed by atoms with Gasteiger partial charge < -0.3 is 15.2 Å². The lowest BCUT2D eigenvalue weighted by molar-refractivity contribution is -0.143. The van der Waals surface area contributed by atoms with Crippen molar-refractivity contribution in [2.75, 3.05) is 45.6 Å². The normalized spacial score (nSPS) is 19.1. The van der Waals surface area contributed by atoms with Crippen molar-refractivity contribution in [2.45, 2.75) is 12.5 Å². The first-order valence-electron chi connectivity index (χ1n) is 8.71. The van der Waals surface area contributed by atoms with Crippen molar-refractivity contribution >= 4 is 21.9 Å². The van der Waals surface area contributed by atoms with E-state index >= 15 is 0 Å². The topological polar surface area (TPSA) is 116 Å². The number of piperazine rings is 1. The molecular formula is C17H23N3O6S. The zero-order chi connectivity index (χ0) is 19.6. The van der Waals surface area contributed by atoms with E-state index in [4.69, 9.17) is 4.74 Å². The lowest BCUT2D eigenvalue weighted by atomic mass is 10.1. The fraction of sp³-hybridized carbons (Fsp3) is 0.529. The van der Waals surface area contributed by atoms with Crippen LogP contribution in [0.4, 0.5) is 0 Å². The number of benzene rings is 1. The number of carboxylic acids is 1. The van der Waals surface area contributed by atoms with E-state index in [1.807, 2.05) is 0 Å². The molecule has 1 aromatic rings. The molecule has 2 aliphatic rings. The van der Waals surface area contributed by atoms with Gasteiger partial charge in [0, 0.05) is 44.7 Å². The van der Waals surface area contributed by atoms with Gasteiger partial charge in [0.05, 0.1) is 12.9 Å². The molecule has 3 rings (SSSR count). The molecule has 0 unspecified atom stereocenters. The van der Waals surface area contributed by atoms with Gasteiger partial charge in [-0.15, -0.1) is 0 Å². The summed E-state index contributed by atoms with van der Waals surface area (Å²) in [5, 5.41) is 12.2. The molecule has 0 spiro atoms. The minimum atomic E-state index is -3.28. The van der Waals surface area contributed by atoms with Crippen LogP contribution in [0.1, 0.15) is 15.9 Å². The van der Waals surface area contributed by atoms with E-state index in [0.717, 1.165) is 24.0 Å². The van der Waals surface area contributed by atoms with Gasteiger partial charge in [0.2, 0.25) is 10.0 Å². The lowest BCUT2D eigenvalue weighted by Gasteiger charge is -2.36. The molecule has 148 valence electrons. The maximum absolute atomic E-state index is 12.4. The van der Waals surface area contributed by atoms with Crippen molar-refractivity contribution in [3.63, 3.8) is 0 Å². The number of hydrogen-bond donors (Lipinski definition) is 2. The monoisotopic (exact) mass is 397 g/mol. The van der Waals surface area contributed by atoms with Gasteiger partial charge in [-0.25, -0.2) is 8.42 Å². The van der Waals surface area contributed by atoms with E-state index in [2.05, 4.69) is 5.32 Å². The minimum absolute atomic E-state index is 0.0549. The molecule has 0 saturated carbocycles. The molecule has 1 aromatic carbocycles. The van der Waals surface area contributed by atoms with Gasteiger partial charge in [-0.05, 0) is 23.8 Å². The van der Waals surface area contributed by atoms with Gasteiger partial charge in [-0.1, -0.05) is 0 Å². The summed E-state index contributed by atoms with van der Waals surface area (Å²) in [4.78, 5) is 25.7. The van der Waals surface area contributed by atoms with Gasteiger partial charge in [0.1, 0.15) is 11.8 Å². The van der Waals surface area contributed by atoms with Crippen molar-refractivity contribution in [3.05, 3.63) is 29.3 Å². The molecule has 2 heterocycles. The van der Waals surface area contributed by atoms with Crippen LogP contribution in [0.5, 0.6) is 5.75 Å². The first-order chi connectivity index (χ1) is 12.8. The number of carboxylic acid groups (broad SMARTS) is 1. The van der Waals surface area contributed by atoms with Crippen LogP contribution in [-0.2, 0) is 21.2 Å². The van der Waals surface area contributed by atoms with Crippen LogP contribution in [0.15, 0.2) is 18.2 Å². The first kappa shape index (κ1) is 19.6. The zero-order valence-corrected chi connectivity index (χ0v) is 15.9. The first-order valence-corrected chi connectivity index (χ1v) is 10.6. The van der Waals surface area contributed by atoms with Gasteiger partial charge in [0.25, 0.3) is 5.91 Å². The van der Waals surface area contributed by atoms with E-state index in [1.165, 1.54) is 4.31 Å². The SMILES string of the molecule is CS(=O)(=O)N1CCN([C@@H](CNC(=O)c2ccc3c(c2)CCO3)C(=O)O)CC1. The zero-order valence-electron chi connectivity index (χ0n) is 15.1. The highest BCUT2D eigenvalue weighted by Gasteiger charge is 2.31. The number of fused-ring (bicyclic) bond motifs is 1. The highest BCUT2D eigenvalue weighted by atomic mass is 32.2. The van der Waals surface area contributed by atoms with E-state index in [0.29, 0.717) is 25.3 Å². The lowest BCUT2D eigenvalue weighted by Crippen LogP contribution is -2.56. The van der Waals surface area contributed by atoms with Crippen molar-refractivity contribution in [3.8, 4) is 5.75 Å². The average Bonchev–Trinajstić information content (AvgIpc) is 3.08. The summed E-state index contributed by atoms with van der Waals surface area (Å²) in [5.74, 6) is -0.616. The fourth-order valence-corrected chi connectivity index (χ4v) is 4.17. The number of nitrogens with zero attached hydrogens (tertiary/aromatic N) is 2. The van der Waals surface area contributed by atoms with Gasteiger partial charge in [-0.3, -0.25) is 14.5 Å². The number of rotatable bonds is 6. The molecule has 1 saturated heterocycles. The third-order valence-corrected chi connectivity index (χ3v) is 6.18. The standard InChI is InChI=1S/C17H23N3O6S/c1-27(24,25)20-7-5-19(6-8-20)14(17(22)23)11-18-16(21)13-2-3-15-12(10-13)4-9-26-15/h2-3,10,14H,4-9,11H2,1H3,(H,18,21)(H,22,23)/t14-/m0/s1. The van der Waals surface area contributed by atoms with Crippen LogP contribution < -0.4 is 10.1 Å². The predicted molar refractivity (Wildman–Crippen MR) is 97.4 cm³/mol. The van der Waals surface area contributed by atoms with Crippen molar-refractivity contribution in [2.24, 2.45) is 0 Å². The highest BCUT2D eigenvalue weighted by molar-refractivity contribution is 7.88. The number of sulfonamides is 1. The quantitative estimate of drug-likeness (QED) is 0.657. The Bertz CT molecular complexity index is 833. The molecule has 1 amide bonds. The van der Waals surface area contributed by atoms with Crippen LogP contribution in [0, 0.1) is 0 Å². The Morgan fingerprint density at radius 2 is 1.96 bits per heavy atom. The maximum atomic E-state index is 12.4. The Hall–Kier alpha value is -2.17. The van der Waals surface area contributed by atoms with Crippen LogP contribution in [0.2, 0.25) is 0 Å². The highest BCUT2D eigenvalue weighted by Crippen LogP contribution is 2.25. The Morgan fingerprint density at radius 1 is 1.26 bits per heavy atom. The molecule has 9 nitrogen and oxygen atoms in total. The van der Waals surface area contributed by atoms with Gasteiger partial charge >= 0.3 is 5.97 Å². The molecule has 0 radical (unpaired) electrons. The molecule has 2 aliphatic heterocycles. The predicted octanol–water partition coefficient (Wildman–Crippen LogP) is -0.618. The molecule has 0 aromatic heterocycles. The number of aliphatic carboxylic acids is 1. The van der Waals surface area contributed by atoms with Crippen LogP contribution in [-0.4, -0.2) is 86.2 Å². The number of nitrogens with one attached hydrogen (secondary N) is 1. The van der Waals surface area contributed by atoms with Crippen LogP contribution in [0.25, 0.3) is 0 Å². The van der Waals surface area contributed by atoms with E-state index < -0.39 is 22.0 Å². The number of amides is 1. The van der Waals surface area contributed by atoms with Crippen molar-refractivity contribution in [1.82, 2.24) is 14.5 Å². The van der Waals surface area contributed by atoms with Gasteiger partial charge in [-0.2, -0.15) is 4.31 Å². The van der Waals surface area contributed by atoms with Gasteiger partial charge in [0.15, 0.2) is 0 Å². The molecule has 2 N–H and O–H groups in total. The third-order valence-electron chi connectivity index (χ3n) is 4.88. The molecule has 0 bridgehead atoms. The number of carbonyl (C=O) groups is 2. The summed E-state index contributed by atoms with van der Waals surface area (Å²) < 4.78 is 29.9. The number of carbonyl (C=O) groups excluding carboxylic acids is 1. The summed E-state index contributed by atoms with van der Waals surface area (Å²) in [6.45, 7) is 1.62. The van der Waals surface area contributed by atoms with E-state index in [1.54, 1.807) is 23.1 Å². The second-order valence-electron chi connectivity index (χ2n) is 6.68. The molecule has 10 heteroatoms. The minimum Gasteiger partial charge on any atom is -0.493 e. The molecule has 0 aliphatic carbocycles. The number of hydrogen-bond acceptors (Lipinski definition) is 6. The molecule has 1 atom stereocenters. The van der Waals surface area contributed by atoms with Crippen molar-refractivity contribution < 1.29 is 27.9 Å². The van der Waals surface area contributed by atoms with Crippen LogP contribution >= 0.6 is 0 Å². The second-order valence-corrected chi connectivity index (χ2v) is 8.67. The Morgan fingerprint density at radius 3 is 2.59 bits per heavy atom. The third kappa shape index (κ3) is 4.57. The summed E-state index contributed by atoms with van der Waals surface area (Å²) in [6.07, 6.45) is 1.89. The second kappa shape index (κ2) is 7.83. The molecular weight excluding hydrogens is 374 g/mol. The smallest absolute Gasteiger partial charge is 0.322 e. The average molecular weight is 397 g/mol.